The fraction of sp³-hybridized carbons (Fsp3) is 0.462. The van der Waals surface area contributed by atoms with Crippen molar-refractivity contribution in [2.24, 2.45) is 5.92 Å². The van der Waals surface area contributed by atoms with Crippen molar-refractivity contribution in [3.05, 3.63) is 30.1 Å². The van der Waals surface area contributed by atoms with E-state index in [1.807, 2.05) is 18.2 Å². The van der Waals surface area contributed by atoms with E-state index in [4.69, 9.17) is 23.2 Å². The molecule has 0 aliphatic heterocycles. The van der Waals surface area contributed by atoms with Gasteiger partial charge in [-0.2, -0.15) is 0 Å². The third-order valence-electron chi connectivity index (χ3n) is 3.41. The van der Waals surface area contributed by atoms with E-state index in [1.54, 1.807) is 0 Å². The molecule has 1 heterocycles. The largest absolute Gasteiger partial charge is 0.328 e. The molecule has 1 aliphatic carbocycles. The zero-order chi connectivity index (χ0) is 12.0. The molecule has 17 heavy (non-hydrogen) atoms. The van der Waals surface area contributed by atoms with Crippen LogP contribution < -0.4 is 0 Å². The van der Waals surface area contributed by atoms with Gasteiger partial charge in [0, 0.05) is 18.9 Å². The molecule has 0 saturated heterocycles. The van der Waals surface area contributed by atoms with Crippen molar-refractivity contribution in [2.75, 3.05) is 0 Å². The molecule has 2 nitrogen and oxygen atoms in total. The van der Waals surface area contributed by atoms with Crippen LogP contribution in [0.3, 0.4) is 0 Å². The molecule has 90 valence electrons. The molecule has 0 bridgehead atoms. The summed E-state index contributed by atoms with van der Waals surface area (Å²) in [6, 6.07) is 8.21. The average Bonchev–Trinajstić information content (AvgIpc) is 2.76. The molecule has 1 saturated carbocycles. The van der Waals surface area contributed by atoms with E-state index in [9.17, 15) is 0 Å². The summed E-state index contributed by atoms with van der Waals surface area (Å²) in [5.41, 5.74) is 2.24. The van der Waals surface area contributed by atoms with E-state index in [1.165, 1.54) is 5.52 Å². The van der Waals surface area contributed by atoms with E-state index in [2.05, 4.69) is 22.5 Å². The van der Waals surface area contributed by atoms with Crippen molar-refractivity contribution >= 4 is 34.2 Å². The number of hydrogen-bond acceptors (Lipinski definition) is 1. The van der Waals surface area contributed by atoms with Crippen LogP contribution in [0.2, 0.25) is 0 Å². The van der Waals surface area contributed by atoms with Crippen LogP contribution in [-0.4, -0.2) is 13.9 Å². The number of alkyl halides is 2. The quantitative estimate of drug-likeness (QED) is 0.775. The standard InChI is InChI=1S/C13H14Cl2N2/c1-2-12-16-10-5-3-4-6-11(10)17(12)8-9-7-13(9,14)15/h3-6,9H,2,7-8H2,1H3/t9-/m0/s1. The van der Waals surface area contributed by atoms with Gasteiger partial charge < -0.3 is 4.57 Å². The lowest BCUT2D eigenvalue weighted by molar-refractivity contribution is 0.609. The van der Waals surface area contributed by atoms with Crippen molar-refractivity contribution in [1.82, 2.24) is 9.55 Å². The summed E-state index contributed by atoms with van der Waals surface area (Å²) in [7, 11) is 0. The van der Waals surface area contributed by atoms with Gasteiger partial charge in [0.15, 0.2) is 0 Å². The molecule has 1 atom stereocenters. The van der Waals surface area contributed by atoms with Crippen LogP contribution in [0.5, 0.6) is 0 Å². The lowest BCUT2D eigenvalue weighted by atomic mass is 10.3. The second kappa shape index (κ2) is 3.89. The van der Waals surface area contributed by atoms with Gasteiger partial charge in [0.1, 0.15) is 10.2 Å². The van der Waals surface area contributed by atoms with Crippen molar-refractivity contribution < 1.29 is 0 Å². The van der Waals surface area contributed by atoms with Gasteiger partial charge in [0.2, 0.25) is 0 Å². The Labute approximate surface area is 111 Å². The van der Waals surface area contributed by atoms with E-state index < -0.39 is 4.33 Å². The van der Waals surface area contributed by atoms with Crippen LogP contribution in [0.4, 0.5) is 0 Å². The number of imidazole rings is 1. The van der Waals surface area contributed by atoms with Crippen LogP contribution in [-0.2, 0) is 13.0 Å². The first-order valence-electron chi connectivity index (χ1n) is 5.94. The number of aryl methyl sites for hydroxylation is 1. The van der Waals surface area contributed by atoms with Crippen molar-refractivity contribution in [3.8, 4) is 0 Å². The zero-order valence-corrected chi connectivity index (χ0v) is 11.2. The second-order valence-electron chi connectivity index (χ2n) is 4.64. The number of rotatable bonds is 3. The maximum atomic E-state index is 6.10. The van der Waals surface area contributed by atoms with Crippen LogP contribution in [0.1, 0.15) is 19.2 Å². The molecule has 0 amide bonds. The predicted octanol–water partition coefficient (Wildman–Crippen LogP) is 3.79. The van der Waals surface area contributed by atoms with Gasteiger partial charge in [-0.05, 0) is 18.6 Å². The molecule has 4 heteroatoms. The normalized spacial score (nSPS) is 21.9. The molecule has 1 aliphatic rings. The van der Waals surface area contributed by atoms with Gasteiger partial charge in [-0.15, -0.1) is 23.2 Å². The van der Waals surface area contributed by atoms with Crippen LogP contribution >= 0.6 is 23.2 Å². The van der Waals surface area contributed by atoms with E-state index in [0.29, 0.717) is 5.92 Å². The molecular weight excluding hydrogens is 255 g/mol. The first-order valence-corrected chi connectivity index (χ1v) is 6.69. The number of fused-ring (bicyclic) bond motifs is 1. The summed E-state index contributed by atoms with van der Waals surface area (Å²) in [5.74, 6) is 1.47. The smallest absolute Gasteiger partial charge is 0.123 e. The highest BCUT2D eigenvalue weighted by atomic mass is 35.5. The maximum Gasteiger partial charge on any atom is 0.123 e. The SMILES string of the molecule is CCc1nc2ccccc2n1C[C@@H]1CC1(Cl)Cl. The van der Waals surface area contributed by atoms with E-state index >= 15 is 0 Å². The summed E-state index contributed by atoms with van der Waals surface area (Å²) in [5, 5.41) is 0. The van der Waals surface area contributed by atoms with Gasteiger partial charge >= 0.3 is 0 Å². The fourth-order valence-corrected chi connectivity index (χ4v) is 2.80. The summed E-state index contributed by atoms with van der Waals surface area (Å²) >= 11 is 12.2. The lowest BCUT2D eigenvalue weighted by Crippen LogP contribution is -2.07. The van der Waals surface area contributed by atoms with Crippen LogP contribution in [0.15, 0.2) is 24.3 Å². The lowest BCUT2D eigenvalue weighted by Gasteiger charge is -2.07. The Morgan fingerprint density at radius 2 is 2.12 bits per heavy atom. The Morgan fingerprint density at radius 3 is 2.76 bits per heavy atom. The molecule has 3 rings (SSSR count). The Balaban J connectivity index is 2.01. The average molecular weight is 269 g/mol. The highest BCUT2D eigenvalue weighted by molar-refractivity contribution is 6.50. The minimum Gasteiger partial charge on any atom is -0.328 e. The molecule has 0 spiro atoms. The van der Waals surface area contributed by atoms with Crippen LogP contribution in [0, 0.1) is 5.92 Å². The summed E-state index contributed by atoms with van der Waals surface area (Å²) < 4.78 is 1.74. The molecule has 2 aromatic rings. The van der Waals surface area contributed by atoms with Crippen molar-refractivity contribution in [1.29, 1.82) is 0 Å². The molecule has 0 radical (unpaired) electrons. The Hall–Kier alpha value is -0.730. The van der Waals surface area contributed by atoms with E-state index in [0.717, 1.165) is 30.7 Å². The topological polar surface area (TPSA) is 17.8 Å². The predicted molar refractivity (Wildman–Crippen MR) is 71.7 cm³/mol. The Bertz CT molecular complexity index is 560. The van der Waals surface area contributed by atoms with Gasteiger partial charge in [0.25, 0.3) is 0 Å². The fourth-order valence-electron chi connectivity index (χ4n) is 2.29. The number of hydrogen-bond donors (Lipinski definition) is 0. The van der Waals surface area contributed by atoms with E-state index in [-0.39, 0.29) is 0 Å². The minimum atomic E-state index is -0.517. The first-order chi connectivity index (χ1) is 8.12. The van der Waals surface area contributed by atoms with Gasteiger partial charge in [-0.25, -0.2) is 4.98 Å². The van der Waals surface area contributed by atoms with Gasteiger partial charge in [0.05, 0.1) is 11.0 Å². The molecular formula is C13H14Cl2N2. The van der Waals surface area contributed by atoms with Crippen LogP contribution in [0.25, 0.3) is 11.0 Å². The molecule has 0 N–H and O–H groups in total. The summed E-state index contributed by atoms with van der Waals surface area (Å²) in [6.45, 7) is 3.00. The van der Waals surface area contributed by atoms with Gasteiger partial charge in [-0.3, -0.25) is 0 Å². The highest BCUT2D eigenvalue weighted by Gasteiger charge is 2.51. The molecule has 0 unspecified atom stereocenters. The van der Waals surface area contributed by atoms with Crippen molar-refractivity contribution in [2.45, 2.75) is 30.6 Å². The minimum absolute atomic E-state index is 0.355. The number of halogens is 2. The van der Waals surface area contributed by atoms with Gasteiger partial charge in [-0.1, -0.05) is 19.1 Å². The zero-order valence-electron chi connectivity index (χ0n) is 9.66. The number of benzene rings is 1. The molecule has 1 aromatic heterocycles. The summed E-state index contributed by atoms with van der Waals surface area (Å²) in [6.07, 6.45) is 1.81. The van der Waals surface area contributed by atoms with Crippen molar-refractivity contribution in [3.63, 3.8) is 0 Å². The summed E-state index contributed by atoms with van der Waals surface area (Å²) in [4.78, 5) is 4.64. The Morgan fingerprint density at radius 1 is 1.41 bits per heavy atom. The third kappa shape index (κ3) is 1.94. The highest BCUT2D eigenvalue weighted by Crippen LogP contribution is 2.54. The maximum absolute atomic E-state index is 6.10. The molecule has 1 aromatic carbocycles. The number of aromatic nitrogens is 2. The first kappa shape index (κ1) is 11.4. The third-order valence-corrected chi connectivity index (χ3v) is 4.33. The Kier molecular flexibility index (Phi) is 2.60. The monoisotopic (exact) mass is 268 g/mol. The molecule has 1 fully saturated rings. The second-order valence-corrected chi connectivity index (χ2v) is 6.19. The number of nitrogens with zero attached hydrogens (tertiary/aromatic N) is 2. The number of para-hydroxylation sites is 2.